The maximum Gasteiger partial charge on any atom is 0.259 e. The van der Waals surface area contributed by atoms with Crippen molar-refractivity contribution in [2.45, 2.75) is 26.7 Å². The number of hydrogen-bond donors (Lipinski definition) is 0. The quantitative estimate of drug-likeness (QED) is 0.776. The van der Waals surface area contributed by atoms with Gasteiger partial charge in [0.2, 0.25) is 0 Å². The Morgan fingerprint density at radius 3 is 2.26 bits per heavy atom. The minimum atomic E-state index is -0.0431. The van der Waals surface area contributed by atoms with Crippen LogP contribution in [0.15, 0.2) is 48.8 Å². The largest absolute Gasteiger partial charge is 0.370 e. The van der Waals surface area contributed by atoms with E-state index in [9.17, 15) is 4.79 Å². The summed E-state index contributed by atoms with van der Waals surface area (Å²) in [7, 11) is 1.79. The van der Waals surface area contributed by atoms with Crippen molar-refractivity contribution in [1.29, 1.82) is 0 Å². The molecule has 0 atom stereocenters. The van der Waals surface area contributed by atoms with Crippen LogP contribution >= 0.6 is 0 Å². The minimum Gasteiger partial charge on any atom is -0.370 e. The third kappa shape index (κ3) is 4.31. The Kier molecular flexibility index (Phi) is 6.15. The summed E-state index contributed by atoms with van der Waals surface area (Å²) in [6, 6.07) is 11.6. The van der Waals surface area contributed by atoms with E-state index in [1.165, 1.54) is 0 Å². The van der Waals surface area contributed by atoms with Gasteiger partial charge in [-0.25, -0.2) is 0 Å². The highest BCUT2D eigenvalue weighted by Crippen LogP contribution is 2.19. The van der Waals surface area contributed by atoms with E-state index < -0.39 is 0 Å². The van der Waals surface area contributed by atoms with Crippen LogP contribution in [0, 0.1) is 0 Å². The molecule has 0 bridgehead atoms. The average Bonchev–Trinajstić information content (AvgIpc) is 2.61. The van der Waals surface area contributed by atoms with Crippen molar-refractivity contribution in [1.82, 2.24) is 4.98 Å². The van der Waals surface area contributed by atoms with E-state index in [0.717, 1.165) is 37.3 Å². The summed E-state index contributed by atoms with van der Waals surface area (Å²) in [4.78, 5) is 20.9. The van der Waals surface area contributed by atoms with E-state index in [1.807, 2.05) is 42.6 Å². The van der Waals surface area contributed by atoms with Crippen LogP contribution in [-0.2, 0) is 0 Å². The number of anilines is 2. The Balaban J connectivity index is 2.23. The molecule has 2 aromatic rings. The highest BCUT2D eigenvalue weighted by molar-refractivity contribution is 6.06. The van der Waals surface area contributed by atoms with E-state index in [2.05, 4.69) is 23.7 Å². The first-order chi connectivity index (χ1) is 11.2. The van der Waals surface area contributed by atoms with Gasteiger partial charge in [-0.3, -0.25) is 9.78 Å². The number of amides is 1. The third-order valence-electron chi connectivity index (χ3n) is 3.77. The molecule has 1 aromatic heterocycles. The lowest BCUT2D eigenvalue weighted by Gasteiger charge is -2.24. The molecule has 0 spiro atoms. The standard InChI is InChI=1S/C19H25N3O/c1-4-11-22(12-5-2)18-13-16(14-20-15-18)19(23)21(3)17-9-7-6-8-10-17/h6-10,13-15H,4-5,11-12H2,1-3H3. The summed E-state index contributed by atoms with van der Waals surface area (Å²) in [5, 5.41) is 0. The second-order valence-electron chi connectivity index (χ2n) is 5.62. The van der Waals surface area contributed by atoms with Crippen molar-refractivity contribution in [2.24, 2.45) is 0 Å². The van der Waals surface area contributed by atoms with E-state index in [0.29, 0.717) is 5.56 Å². The number of carbonyl (C=O) groups excluding carboxylic acids is 1. The van der Waals surface area contributed by atoms with Gasteiger partial charge in [0.05, 0.1) is 17.4 Å². The molecule has 0 fully saturated rings. The molecule has 122 valence electrons. The molecule has 1 aromatic carbocycles. The zero-order valence-electron chi connectivity index (χ0n) is 14.2. The number of nitrogens with zero attached hydrogens (tertiary/aromatic N) is 3. The van der Waals surface area contributed by atoms with Gasteiger partial charge in [0, 0.05) is 32.0 Å². The lowest BCUT2D eigenvalue weighted by atomic mass is 10.2. The summed E-state index contributed by atoms with van der Waals surface area (Å²) in [5.74, 6) is -0.0431. The molecule has 4 heteroatoms. The van der Waals surface area contributed by atoms with Crippen molar-refractivity contribution in [3.8, 4) is 0 Å². The van der Waals surface area contributed by atoms with Gasteiger partial charge in [-0.05, 0) is 31.0 Å². The van der Waals surface area contributed by atoms with Crippen LogP contribution < -0.4 is 9.80 Å². The molecule has 0 unspecified atom stereocenters. The summed E-state index contributed by atoms with van der Waals surface area (Å²) in [6.45, 7) is 6.27. The first-order valence-corrected chi connectivity index (χ1v) is 8.20. The van der Waals surface area contributed by atoms with Crippen molar-refractivity contribution >= 4 is 17.3 Å². The normalized spacial score (nSPS) is 10.4. The highest BCUT2D eigenvalue weighted by atomic mass is 16.2. The van der Waals surface area contributed by atoms with Gasteiger partial charge >= 0.3 is 0 Å². The molecule has 0 aliphatic carbocycles. The van der Waals surface area contributed by atoms with Gasteiger partial charge in [-0.2, -0.15) is 0 Å². The van der Waals surface area contributed by atoms with Gasteiger partial charge in [0.1, 0.15) is 0 Å². The highest BCUT2D eigenvalue weighted by Gasteiger charge is 2.15. The Morgan fingerprint density at radius 1 is 1.00 bits per heavy atom. The van der Waals surface area contributed by atoms with Crippen molar-refractivity contribution in [3.05, 3.63) is 54.4 Å². The Morgan fingerprint density at radius 2 is 1.65 bits per heavy atom. The van der Waals surface area contributed by atoms with Crippen LogP contribution in [-0.4, -0.2) is 31.0 Å². The number of benzene rings is 1. The summed E-state index contributed by atoms with van der Waals surface area (Å²) < 4.78 is 0. The third-order valence-corrected chi connectivity index (χ3v) is 3.77. The van der Waals surface area contributed by atoms with Crippen LogP contribution in [0.1, 0.15) is 37.0 Å². The molecule has 0 radical (unpaired) electrons. The monoisotopic (exact) mass is 311 g/mol. The maximum atomic E-state index is 12.7. The fraction of sp³-hybridized carbons (Fsp3) is 0.368. The maximum absolute atomic E-state index is 12.7. The van der Waals surface area contributed by atoms with Crippen LogP contribution in [0.4, 0.5) is 11.4 Å². The first kappa shape index (κ1) is 17.0. The molecule has 2 rings (SSSR count). The molecule has 0 saturated carbocycles. The summed E-state index contributed by atoms with van der Waals surface area (Å²) in [5.41, 5.74) is 2.51. The summed E-state index contributed by atoms with van der Waals surface area (Å²) in [6.07, 6.45) is 5.62. The fourth-order valence-corrected chi connectivity index (χ4v) is 2.59. The number of carbonyl (C=O) groups is 1. The number of rotatable bonds is 7. The lowest BCUT2D eigenvalue weighted by molar-refractivity contribution is 0.0992. The van der Waals surface area contributed by atoms with Gasteiger partial charge in [-0.1, -0.05) is 32.0 Å². The zero-order chi connectivity index (χ0) is 16.7. The van der Waals surface area contributed by atoms with Gasteiger partial charge in [0.15, 0.2) is 0 Å². The number of aromatic nitrogens is 1. The Bertz CT molecular complexity index is 622. The van der Waals surface area contributed by atoms with E-state index in [4.69, 9.17) is 0 Å². The van der Waals surface area contributed by atoms with Crippen molar-refractivity contribution in [3.63, 3.8) is 0 Å². The fourth-order valence-electron chi connectivity index (χ4n) is 2.59. The molecule has 23 heavy (non-hydrogen) atoms. The Labute approximate surface area is 138 Å². The molecular formula is C19H25N3O. The molecule has 0 N–H and O–H groups in total. The molecular weight excluding hydrogens is 286 g/mol. The number of pyridine rings is 1. The second kappa shape index (κ2) is 8.32. The predicted molar refractivity (Wildman–Crippen MR) is 96.2 cm³/mol. The second-order valence-corrected chi connectivity index (χ2v) is 5.62. The first-order valence-electron chi connectivity index (χ1n) is 8.20. The van der Waals surface area contributed by atoms with Crippen LogP contribution in [0.2, 0.25) is 0 Å². The van der Waals surface area contributed by atoms with Crippen LogP contribution in [0.25, 0.3) is 0 Å². The molecule has 0 aliphatic heterocycles. The zero-order valence-corrected chi connectivity index (χ0v) is 14.2. The minimum absolute atomic E-state index is 0.0431. The predicted octanol–water partition coefficient (Wildman–Crippen LogP) is 3.98. The molecule has 4 nitrogen and oxygen atoms in total. The van der Waals surface area contributed by atoms with Gasteiger partial charge in [-0.15, -0.1) is 0 Å². The summed E-state index contributed by atoms with van der Waals surface area (Å²) >= 11 is 0. The number of hydrogen-bond acceptors (Lipinski definition) is 3. The molecule has 0 aliphatic rings. The van der Waals surface area contributed by atoms with Gasteiger partial charge in [0.25, 0.3) is 5.91 Å². The number of para-hydroxylation sites is 1. The topological polar surface area (TPSA) is 36.4 Å². The lowest BCUT2D eigenvalue weighted by Crippen LogP contribution is -2.28. The van der Waals surface area contributed by atoms with Gasteiger partial charge < -0.3 is 9.80 Å². The molecule has 1 amide bonds. The van der Waals surface area contributed by atoms with Crippen LogP contribution in [0.5, 0.6) is 0 Å². The molecule has 0 saturated heterocycles. The van der Waals surface area contributed by atoms with E-state index in [-0.39, 0.29) is 5.91 Å². The smallest absolute Gasteiger partial charge is 0.259 e. The van der Waals surface area contributed by atoms with Crippen molar-refractivity contribution < 1.29 is 4.79 Å². The molecule has 1 heterocycles. The average molecular weight is 311 g/mol. The van der Waals surface area contributed by atoms with E-state index in [1.54, 1.807) is 18.1 Å². The van der Waals surface area contributed by atoms with Crippen molar-refractivity contribution in [2.75, 3.05) is 29.9 Å². The SMILES string of the molecule is CCCN(CCC)c1cncc(C(=O)N(C)c2ccccc2)c1. The van der Waals surface area contributed by atoms with Crippen LogP contribution in [0.3, 0.4) is 0 Å². The Hall–Kier alpha value is -2.36. The van der Waals surface area contributed by atoms with E-state index >= 15 is 0 Å².